The summed E-state index contributed by atoms with van der Waals surface area (Å²) in [6.45, 7) is 1.69. The molecule has 0 saturated carbocycles. The number of methoxy groups -OCH3 is 1. The lowest BCUT2D eigenvalue weighted by molar-refractivity contribution is -0.144. The Bertz CT molecular complexity index is 1240. The number of amidine groups is 1. The number of aliphatic imine (C=N–C) groups is 1. The number of ether oxygens (including phenoxy) is 2. The van der Waals surface area contributed by atoms with Gasteiger partial charge in [0.2, 0.25) is 0 Å². The lowest BCUT2D eigenvalue weighted by atomic mass is 10.1. The van der Waals surface area contributed by atoms with Crippen molar-refractivity contribution < 1.29 is 28.6 Å². The molecule has 1 unspecified atom stereocenters. The van der Waals surface area contributed by atoms with Gasteiger partial charge in [-0.05, 0) is 66.7 Å². The van der Waals surface area contributed by atoms with Gasteiger partial charge < -0.3 is 19.0 Å². The molecule has 1 amide bonds. The van der Waals surface area contributed by atoms with Crippen LogP contribution in [0, 0.1) is 0 Å². The Morgan fingerprint density at radius 2 is 1.97 bits per heavy atom. The summed E-state index contributed by atoms with van der Waals surface area (Å²) in [7, 11) is 1.47. The van der Waals surface area contributed by atoms with Crippen LogP contribution in [0.15, 0.2) is 81.2 Å². The number of hydrogen-bond donors (Lipinski definition) is 1. The minimum Gasteiger partial charge on any atom is -0.493 e. The molecule has 1 saturated heterocycles. The summed E-state index contributed by atoms with van der Waals surface area (Å²) in [5.41, 5.74) is 1.43. The van der Waals surface area contributed by atoms with Gasteiger partial charge in [-0.25, -0.2) is 9.79 Å². The number of amides is 1. The average Bonchev–Trinajstić information content (AvgIpc) is 3.45. The Labute approximate surface area is 200 Å². The molecule has 2 aromatic carbocycles. The highest BCUT2D eigenvalue weighted by molar-refractivity contribution is 8.18. The molecular weight excluding hydrogens is 456 g/mol. The summed E-state index contributed by atoms with van der Waals surface area (Å²) in [4.78, 5) is 31.1. The number of nitrogens with zero attached hydrogens (tertiary/aromatic N) is 2. The number of carbonyl (C=O) groups excluding carboxylic acids is 1. The van der Waals surface area contributed by atoms with Crippen LogP contribution in [0.3, 0.4) is 0 Å². The number of benzene rings is 2. The Balaban J connectivity index is 1.64. The van der Waals surface area contributed by atoms with E-state index in [9.17, 15) is 9.59 Å². The third-order valence-corrected chi connectivity index (χ3v) is 5.91. The zero-order valence-corrected chi connectivity index (χ0v) is 19.3. The highest BCUT2D eigenvalue weighted by atomic mass is 32.2. The quantitative estimate of drug-likeness (QED) is 0.457. The van der Waals surface area contributed by atoms with E-state index in [1.807, 2.05) is 36.4 Å². The highest BCUT2D eigenvalue weighted by Gasteiger charge is 2.34. The van der Waals surface area contributed by atoms with Crippen molar-refractivity contribution in [1.29, 1.82) is 0 Å². The van der Waals surface area contributed by atoms with E-state index in [-0.39, 0.29) is 12.5 Å². The summed E-state index contributed by atoms with van der Waals surface area (Å²) in [6, 6.07) is 18.0. The summed E-state index contributed by atoms with van der Waals surface area (Å²) in [6.07, 6.45) is 2.27. The first kappa shape index (κ1) is 23.2. The zero-order valence-electron chi connectivity index (χ0n) is 18.5. The topological polar surface area (TPSA) is 102 Å². The van der Waals surface area contributed by atoms with Gasteiger partial charge in [-0.1, -0.05) is 24.3 Å². The van der Waals surface area contributed by atoms with Gasteiger partial charge in [0, 0.05) is 0 Å². The number of furan rings is 1. The normalized spacial score (nSPS) is 16.8. The molecule has 2 heterocycles. The van der Waals surface area contributed by atoms with E-state index < -0.39 is 12.1 Å². The molecule has 174 valence electrons. The number of thioether (sulfide) groups is 1. The maximum Gasteiger partial charge on any atom is 0.344 e. The fraction of sp³-hybridized carbons (Fsp3) is 0.160. The fourth-order valence-electron chi connectivity index (χ4n) is 3.17. The number of para-hydroxylation sites is 1. The van der Waals surface area contributed by atoms with E-state index in [4.69, 9.17) is 19.0 Å². The molecule has 9 heteroatoms. The van der Waals surface area contributed by atoms with Gasteiger partial charge in [0.25, 0.3) is 5.91 Å². The van der Waals surface area contributed by atoms with Gasteiger partial charge in [0.1, 0.15) is 5.76 Å². The lowest BCUT2D eigenvalue weighted by Crippen LogP contribution is -2.28. The molecule has 1 aliphatic rings. The van der Waals surface area contributed by atoms with E-state index in [0.717, 1.165) is 5.69 Å². The monoisotopic (exact) mass is 478 g/mol. The lowest BCUT2D eigenvalue weighted by Gasteiger charge is -2.14. The first-order valence-corrected chi connectivity index (χ1v) is 11.2. The van der Waals surface area contributed by atoms with Crippen LogP contribution in [0.1, 0.15) is 18.2 Å². The summed E-state index contributed by atoms with van der Waals surface area (Å²) >= 11 is 1.27. The van der Waals surface area contributed by atoms with E-state index in [0.29, 0.717) is 32.9 Å². The standard InChI is InChI=1S/C25H22N2O6S/c1-16(24(29)30)33-20-11-10-17(13-21(20)31-2)14-22-23(28)27(15-19-9-6-12-32-19)25(34-22)26-18-7-4-3-5-8-18/h3-14,16H,15H2,1-2H3,(H,29,30)/b22-14-,26-25?. The van der Waals surface area contributed by atoms with Crippen LogP contribution in [0.2, 0.25) is 0 Å². The smallest absolute Gasteiger partial charge is 0.344 e. The summed E-state index contributed by atoms with van der Waals surface area (Å²) in [5, 5.41) is 9.63. The van der Waals surface area contributed by atoms with Gasteiger partial charge in [0.05, 0.1) is 30.5 Å². The Kier molecular flexibility index (Phi) is 7.03. The predicted molar refractivity (Wildman–Crippen MR) is 129 cm³/mol. The van der Waals surface area contributed by atoms with E-state index in [1.54, 1.807) is 41.5 Å². The number of hydrogen-bond acceptors (Lipinski definition) is 7. The molecule has 0 aliphatic carbocycles. The number of carbonyl (C=O) groups is 2. The van der Waals surface area contributed by atoms with Crippen LogP contribution in [0.25, 0.3) is 6.08 Å². The number of carboxylic acids is 1. The van der Waals surface area contributed by atoms with E-state index in [2.05, 4.69) is 4.99 Å². The third kappa shape index (κ3) is 5.32. The first-order chi connectivity index (χ1) is 16.4. The fourth-order valence-corrected chi connectivity index (χ4v) is 4.16. The average molecular weight is 479 g/mol. The molecular formula is C25H22N2O6S. The predicted octanol–water partition coefficient (Wildman–Crippen LogP) is 4.94. The van der Waals surface area contributed by atoms with Crippen LogP contribution < -0.4 is 9.47 Å². The van der Waals surface area contributed by atoms with Crippen molar-refractivity contribution in [3.05, 3.63) is 83.2 Å². The molecule has 3 aromatic rings. The Hall–Kier alpha value is -3.98. The minimum atomic E-state index is -1.08. The van der Waals surface area contributed by atoms with Crippen molar-refractivity contribution in [1.82, 2.24) is 4.90 Å². The third-order valence-electron chi connectivity index (χ3n) is 4.90. The molecule has 0 radical (unpaired) electrons. The van der Waals surface area contributed by atoms with Gasteiger partial charge in [-0.2, -0.15) is 0 Å². The van der Waals surface area contributed by atoms with Crippen molar-refractivity contribution in [2.45, 2.75) is 19.6 Å². The summed E-state index contributed by atoms with van der Waals surface area (Å²) < 4.78 is 16.2. The van der Waals surface area contributed by atoms with Crippen LogP contribution in [0.4, 0.5) is 5.69 Å². The molecule has 1 aromatic heterocycles. The van der Waals surface area contributed by atoms with Gasteiger partial charge in [-0.15, -0.1) is 0 Å². The maximum absolute atomic E-state index is 13.3. The highest BCUT2D eigenvalue weighted by Crippen LogP contribution is 2.37. The number of rotatable bonds is 8. The van der Waals surface area contributed by atoms with E-state index in [1.165, 1.54) is 25.8 Å². The number of aliphatic carboxylic acids is 1. The van der Waals surface area contributed by atoms with Crippen LogP contribution in [-0.2, 0) is 16.1 Å². The molecule has 8 nitrogen and oxygen atoms in total. The minimum absolute atomic E-state index is 0.199. The Morgan fingerprint density at radius 3 is 2.65 bits per heavy atom. The molecule has 34 heavy (non-hydrogen) atoms. The van der Waals surface area contributed by atoms with Crippen molar-refractivity contribution >= 4 is 40.6 Å². The molecule has 1 fully saturated rings. The van der Waals surface area contributed by atoms with Crippen molar-refractivity contribution in [3.63, 3.8) is 0 Å². The Morgan fingerprint density at radius 1 is 1.18 bits per heavy atom. The zero-order chi connectivity index (χ0) is 24.1. The second-order valence-electron chi connectivity index (χ2n) is 7.32. The van der Waals surface area contributed by atoms with Crippen LogP contribution in [-0.4, -0.2) is 40.3 Å². The number of carboxylic acid groups (broad SMARTS) is 1. The SMILES string of the molecule is COc1cc(/C=C2\SC(=Nc3ccccc3)N(Cc3ccco3)C2=O)ccc1OC(C)C(=O)O. The molecule has 0 spiro atoms. The molecule has 1 N–H and O–H groups in total. The molecule has 0 bridgehead atoms. The van der Waals surface area contributed by atoms with Gasteiger partial charge in [0.15, 0.2) is 22.8 Å². The van der Waals surface area contributed by atoms with Gasteiger partial charge in [-0.3, -0.25) is 9.69 Å². The van der Waals surface area contributed by atoms with Crippen LogP contribution >= 0.6 is 11.8 Å². The molecule has 1 atom stereocenters. The van der Waals surface area contributed by atoms with Crippen molar-refractivity contribution in [2.75, 3.05) is 7.11 Å². The van der Waals surface area contributed by atoms with Gasteiger partial charge >= 0.3 is 5.97 Å². The molecule has 4 rings (SSSR count). The first-order valence-electron chi connectivity index (χ1n) is 10.4. The molecule has 1 aliphatic heterocycles. The second kappa shape index (κ2) is 10.3. The van der Waals surface area contributed by atoms with Crippen LogP contribution in [0.5, 0.6) is 11.5 Å². The van der Waals surface area contributed by atoms with Crippen molar-refractivity contribution in [3.8, 4) is 11.5 Å². The van der Waals surface area contributed by atoms with Crippen molar-refractivity contribution in [2.24, 2.45) is 4.99 Å². The second-order valence-corrected chi connectivity index (χ2v) is 8.33. The largest absolute Gasteiger partial charge is 0.493 e. The van der Waals surface area contributed by atoms with E-state index >= 15 is 0 Å². The summed E-state index contributed by atoms with van der Waals surface area (Å²) in [5.74, 6) is 0.0314. The maximum atomic E-state index is 13.3.